The van der Waals surface area contributed by atoms with Crippen LogP contribution in [0, 0.1) is 27.7 Å². The molecule has 0 aliphatic carbocycles. The van der Waals surface area contributed by atoms with Crippen LogP contribution in [-0.2, 0) is 43.9 Å². The van der Waals surface area contributed by atoms with Gasteiger partial charge in [-0.15, -0.1) is 0 Å². The maximum atomic E-state index is 11.4. The molecule has 0 amide bonds. The highest BCUT2D eigenvalue weighted by Crippen LogP contribution is 2.57. The van der Waals surface area contributed by atoms with Crippen LogP contribution in [-0.4, -0.2) is 52.9 Å². The summed E-state index contributed by atoms with van der Waals surface area (Å²) in [6.45, 7) is 8.55. The first kappa shape index (κ1) is 41.8. The molecule has 0 spiro atoms. The summed E-state index contributed by atoms with van der Waals surface area (Å²) >= 11 is 3.05. The van der Waals surface area contributed by atoms with Crippen molar-refractivity contribution in [2.75, 3.05) is 24.7 Å². The SMILES string of the molecule is Cc1ncc(C[n+]2csc(CCO)c2C)c(N)n1.Cc1ncc(C[n+]2csc(CCOP(=O)(O)OP(=O)(O)O)c2C)c(N)n1.[Cl-].[Cl-]. The number of nitrogen functional groups attached to an aromatic ring is 2. The van der Waals surface area contributed by atoms with Gasteiger partial charge in [-0.3, -0.25) is 4.52 Å². The summed E-state index contributed by atoms with van der Waals surface area (Å²) in [5.74, 6) is 2.20. The number of halogens is 2. The molecule has 0 aliphatic rings. The van der Waals surface area contributed by atoms with Crippen molar-refractivity contribution in [1.29, 1.82) is 0 Å². The van der Waals surface area contributed by atoms with E-state index in [1.165, 1.54) is 16.2 Å². The van der Waals surface area contributed by atoms with E-state index in [1.807, 2.05) is 36.4 Å². The quantitative estimate of drug-likeness (QED) is 0.0589. The van der Waals surface area contributed by atoms with E-state index in [2.05, 4.69) is 33.3 Å². The number of phosphoric ester groups is 1. The van der Waals surface area contributed by atoms with E-state index in [-0.39, 0.29) is 44.4 Å². The Kier molecular flexibility index (Phi) is 16.7. The zero-order valence-corrected chi connectivity index (χ0v) is 30.2. The number of aliphatic hydroxyl groups excluding tert-OH is 1. The van der Waals surface area contributed by atoms with Crippen LogP contribution < -0.4 is 45.4 Å². The van der Waals surface area contributed by atoms with Crippen molar-refractivity contribution >= 4 is 50.0 Å². The van der Waals surface area contributed by atoms with Crippen molar-refractivity contribution < 1.29 is 71.7 Å². The third kappa shape index (κ3) is 12.8. The van der Waals surface area contributed by atoms with Gasteiger partial charge in [0.2, 0.25) is 11.0 Å². The first-order valence-corrected chi connectivity index (χ1v) is 17.8. The highest BCUT2D eigenvalue weighted by atomic mass is 35.5. The Morgan fingerprint density at radius 2 is 1.24 bits per heavy atom. The fraction of sp³-hybridized carbons (Fsp3) is 0.417. The highest BCUT2D eigenvalue weighted by molar-refractivity contribution is 7.60. The van der Waals surface area contributed by atoms with Crippen LogP contribution in [0.5, 0.6) is 0 Å². The second-order valence-electron chi connectivity index (χ2n) is 9.47. The van der Waals surface area contributed by atoms with Gasteiger partial charge in [0.15, 0.2) is 24.5 Å². The molecule has 4 rings (SSSR count). The minimum atomic E-state index is -5.12. The number of aryl methyl sites for hydroxylation is 2. The van der Waals surface area contributed by atoms with E-state index >= 15 is 0 Å². The average Bonchev–Trinajstić information content (AvgIpc) is 3.43. The number of rotatable bonds is 12. The fourth-order valence-corrected chi connectivity index (χ4v) is 7.39. The van der Waals surface area contributed by atoms with Crippen LogP contribution in [0.2, 0.25) is 0 Å². The van der Waals surface area contributed by atoms with Crippen LogP contribution in [0.15, 0.2) is 23.4 Å². The summed E-state index contributed by atoms with van der Waals surface area (Å²) in [6, 6.07) is 0. The van der Waals surface area contributed by atoms with Crippen molar-refractivity contribution in [3.8, 4) is 0 Å². The van der Waals surface area contributed by atoms with E-state index in [9.17, 15) is 14.0 Å². The number of nitrogens with two attached hydrogens (primary N) is 2. The number of aliphatic hydroxyl groups is 1. The van der Waals surface area contributed by atoms with Gasteiger partial charge in [0.1, 0.15) is 23.3 Å². The topological polar surface area (TPSA) is 245 Å². The summed E-state index contributed by atoms with van der Waals surface area (Å²) in [4.78, 5) is 45.0. The molecular weight excluding hydrogens is 725 g/mol. The number of aromatic nitrogens is 6. The predicted octanol–water partition coefficient (Wildman–Crippen LogP) is -4.54. The van der Waals surface area contributed by atoms with Gasteiger partial charge in [0, 0.05) is 45.7 Å². The molecule has 22 heteroatoms. The Hall–Kier alpha value is -2.18. The third-order valence-electron chi connectivity index (χ3n) is 6.16. The molecule has 1 atom stereocenters. The lowest BCUT2D eigenvalue weighted by Crippen LogP contribution is -3.00. The molecule has 1 unspecified atom stereocenters. The highest BCUT2D eigenvalue weighted by Gasteiger charge is 2.32. The largest absolute Gasteiger partial charge is 1.00 e. The standard InChI is InChI=1S/C12H18N4O7P2S.C12H17N4OS.2ClH/c1-8-11(3-4-22-25(20,21)23-24(17,18)19)26-7-16(8)6-10-5-14-9(2)15-12(10)13;1-8-11(3-4-17)18-7-16(8)6-10-5-14-9(2)15-12(10)13;;/h5,7H,3-4,6H2,1-2H3,(H4-,13,14,15,17,18,19,20,21);5,7,17H,3-4,6H2,1-2H3,(H2,13,14,15);2*1H/q;+1;;/p-1. The van der Waals surface area contributed by atoms with E-state index in [0.29, 0.717) is 42.8 Å². The zero-order valence-electron chi connectivity index (χ0n) is 25.3. The predicted molar refractivity (Wildman–Crippen MR) is 162 cm³/mol. The fourth-order valence-electron chi connectivity index (χ4n) is 3.84. The van der Waals surface area contributed by atoms with Crippen molar-refractivity contribution in [2.45, 2.75) is 53.6 Å². The second-order valence-corrected chi connectivity index (χ2v) is 14.2. The molecule has 8 N–H and O–H groups in total. The van der Waals surface area contributed by atoms with Crippen molar-refractivity contribution in [3.05, 3.63) is 67.3 Å². The van der Waals surface area contributed by atoms with E-state index in [0.717, 1.165) is 27.4 Å². The average molecular weight is 762 g/mol. The summed E-state index contributed by atoms with van der Waals surface area (Å²) in [5.41, 5.74) is 19.4. The van der Waals surface area contributed by atoms with Crippen LogP contribution in [0.4, 0.5) is 11.6 Å². The molecule has 0 saturated heterocycles. The molecule has 4 heterocycles. The molecule has 4 aromatic rings. The third-order valence-corrected chi connectivity index (χ3v) is 10.6. The van der Waals surface area contributed by atoms with Gasteiger partial charge >= 0.3 is 15.6 Å². The number of hydrogen-bond acceptors (Lipinski definition) is 13. The first-order chi connectivity index (χ1) is 20.6. The Morgan fingerprint density at radius 1 is 0.804 bits per heavy atom. The van der Waals surface area contributed by atoms with Gasteiger partial charge in [-0.1, -0.05) is 22.7 Å². The lowest BCUT2D eigenvalue weighted by atomic mass is 10.2. The summed E-state index contributed by atoms with van der Waals surface area (Å²) in [7, 11) is -9.94. The Labute approximate surface area is 286 Å². The molecule has 0 radical (unpaired) electrons. The number of hydrogen-bond donors (Lipinski definition) is 6. The van der Waals surface area contributed by atoms with E-state index < -0.39 is 15.6 Å². The Balaban J connectivity index is 0.000000467. The van der Waals surface area contributed by atoms with Gasteiger partial charge in [0.05, 0.1) is 27.5 Å². The lowest BCUT2D eigenvalue weighted by Gasteiger charge is -2.11. The van der Waals surface area contributed by atoms with Crippen LogP contribution in [0.1, 0.15) is 43.9 Å². The van der Waals surface area contributed by atoms with Crippen molar-refractivity contribution in [2.24, 2.45) is 0 Å². The van der Waals surface area contributed by atoms with Crippen LogP contribution >= 0.6 is 38.3 Å². The lowest BCUT2D eigenvalue weighted by molar-refractivity contribution is -0.689. The number of thiazole rings is 2. The van der Waals surface area contributed by atoms with Crippen molar-refractivity contribution in [3.63, 3.8) is 0 Å². The van der Waals surface area contributed by atoms with Crippen LogP contribution in [0.3, 0.4) is 0 Å². The molecule has 16 nitrogen and oxygen atoms in total. The van der Waals surface area contributed by atoms with Gasteiger partial charge in [0.25, 0.3) is 0 Å². The summed E-state index contributed by atoms with van der Waals surface area (Å²) in [6.07, 6.45) is 4.39. The molecule has 0 saturated carbocycles. The maximum Gasteiger partial charge on any atom is 0.481 e. The Bertz CT molecular complexity index is 1690. The second kappa shape index (κ2) is 18.4. The molecular formula is C24H36Cl2N8O8P2S2. The number of phosphoric acid groups is 2. The molecule has 256 valence electrons. The first-order valence-electron chi connectivity index (χ1n) is 13.0. The maximum absolute atomic E-state index is 11.4. The monoisotopic (exact) mass is 760 g/mol. The molecule has 0 bridgehead atoms. The molecule has 46 heavy (non-hydrogen) atoms. The number of anilines is 2. The van der Waals surface area contributed by atoms with Gasteiger partial charge < -0.3 is 56.1 Å². The van der Waals surface area contributed by atoms with Crippen LogP contribution in [0.25, 0.3) is 0 Å². The molecule has 0 aromatic carbocycles. The molecule has 0 aliphatic heterocycles. The van der Waals surface area contributed by atoms with Gasteiger partial charge in [-0.05, 0) is 13.8 Å². The summed E-state index contributed by atoms with van der Waals surface area (Å²) in [5, 5.41) is 8.98. The zero-order chi connectivity index (χ0) is 32.7. The Morgan fingerprint density at radius 3 is 1.63 bits per heavy atom. The minimum Gasteiger partial charge on any atom is -1.00 e. The van der Waals surface area contributed by atoms with Gasteiger partial charge in [-0.2, -0.15) is 13.4 Å². The molecule has 4 aromatic heterocycles. The van der Waals surface area contributed by atoms with Gasteiger partial charge in [-0.25, -0.2) is 29.1 Å². The van der Waals surface area contributed by atoms with E-state index in [4.69, 9.17) is 26.4 Å². The molecule has 0 fully saturated rings. The van der Waals surface area contributed by atoms with E-state index in [1.54, 1.807) is 30.7 Å². The minimum absolute atomic E-state index is 0. The van der Waals surface area contributed by atoms with Crippen molar-refractivity contribution in [1.82, 2.24) is 19.9 Å². The summed E-state index contributed by atoms with van der Waals surface area (Å²) < 4.78 is 34.3. The number of nitrogens with zero attached hydrogens (tertiary/aromatic N) is 6. The normalized spacial score (nSPS) is 12.3. The smallest absolute Gasteiger partial charge is 0.481 e.